The fourth-order valence-electron chi connectivity index (χ4n) is 8.36. The van der Waals surface area contributed by atoms with Gasteiger partial charge in [-0.3, -0.25) is 9.59 Å². The summed E-state index contributed by atoms with van der Waals surface area (Å²) in [5.74, 6) is -1.56. The molecule has 27 nitrogen and oxygen atoms in total. The largest absolute Gasteiger partial charge is 0.394 e. The molecular weight excluding hydrogens is 872 g/mol. The van der Waals surface area contributed by atoms with E-state index in [4.69, 9.17) is 42.6 Å². The number of carbonyl (C=O) groups excluding carboxylic acids is 2. The van der Waals surface area contributed by atoms with E-state index in [0.717, 1.165) is 6.92 Å². The molecule has 0 aliphatic carbocycles. The second kappa shape index (κ2) is 22.9. The van der Waals surface area contributed by atoms with Crippen LogP contribution in [0.15, 0.2) is 0 Å². The standard InChI is InChI=1S/C37H64N2O25/c1-10(2)30-18(38-11(3)44)23(49)31(15(7-42)57-30)62-34-19(39-12(4)45)24(50)32(16(8-43)60-34)63-37-29(55)33(64-36-28(54)26(52)21(47)14(6-41)59-36)22(48)17(61-37)9-56-35-27(53)25(51)20(46)13(5-40)58-35/h10,13-37,40-43,46-55H,5-9H2,1-4H3,(H,38,44)(H,39,45)/t13?,14-,15?,16?,17?,18?,19?,20+,21+,22+,23+,24+,25-,26?,27?,28?,29?,30-,31+,32+,33-,34-,35-,36+,37-/m0/s1. The molecule has 5 aliphatic heterocycles. The Hall–Kier alpha value is -1.98. The summed E-state index contributed by atoms with van der Waals surface area (Å²) >= 11 is 0. The Morgan fingerprint density at radius 1 is 0.453 bits per heavy atom. The Morgan fingerprint density at radius 2 is 0.859 bits per heavy atom. The molecule has 64 heavy (non-hydrogen) atoms. The lowest BCUT2D eigenvalue weighted by molar-refractivity contribution is -0.383. The molecule has 0 saturated carbocycles. The maximum Gasteiger partial charge on any atom is 0.217 e. The first-order valence-corrected chi connectivity index (χ1v) is 20.8. The first-order chi connectivity index (χ1) is 30.2. The van der Waals surface area contributed by atoms with Crippen molar-refractivity contribution in [3.63, 3.8) is 0 Å². The number of hydrogen-bond acceptors (Lipinski definition) is 25. The highest BCUT2D eigenvalue weighted by Gasteiger charge is 2.56. The number of amides is 2. The minimum atomic E-state index is -2.16. The average Bonchev–Trinajstić information content (AvgIpc) is 3.25. The van der Waals surface area contributed by atoms with Gasteiger partial charge in [-0.25, -0.2) is 0 Å². The van der Waals surface area contributed by atoms with Crippen molar-refractivity contribution in [1.29, 1.82) is 0 Å². The Bertz CT molecular complexity index is 1490. The van der Waals surface area contributed by atoms with E-state index in [1.807, 2.05) is 0 Å². The van der Waals surface area contributed by atoms with Gasteiger partial charge in [-0.1, -0.05) is 13.8 Å². The van der Waals surface area contributed by atoms with Crippen molar-refractivity contribution in [2.75, 3.05) is 33.0 Å². The third-order valence-corrected chi connectivity index (χ3v) is 11.8. The molecule has 25 atom stereocenters. The number of rotatable bonds is 16. The molecule has 5 fully saturated rings. The van der Waals surface area contributed by atoms with E-state index in [2.05, 4.69) is 10.6 Å². The van der Waals surface area contributed by atoms with Crippen LogP contribution in [0, 0.1) is 5.92 Å². The fraction of sp³-hybridized carbons (Fsp3) is 0.946. The quantitative estimate of drug-likeness (QED) is 0.0683. The molecule has 5 heterocycles. The van der Waals surface area contributed by atoms with Crippen LogP contribution in [0.4, 0.5) is 0 Å². The summed E-state index contributed by atoms with van der Waals surface area (Å²) in [7, 11) is 0. The van der Waals surface area contributed by atoms with Gasteiger partial charge in [-0.05, 0) is 5.92 Å². The van der Waals surface area contributed by atoms with Crippen molar-refractivity contribution in [2.24, 2.45) is 5.92 Å². The molecule has 0 aromatic carbocycles. The van der Waals surface area contributed by atoms with Crippen LogP contribution in [-0.2, 0) is 52.2 Å². The van der Waals surface area contributed by atoms with Crippen LogP contribution < -0.4 is 10.6 Å². The summed E-state index contributed by atoms with van der Waals surface area (Å²) in [5.41, 5.74) is 0. The van der Waals surface area contributed by atoms with Crippen LogP contribution >= 0.6 is 0 Å². The van der Waals surface area contributed by atoms with Crippen molar-refractivity contribution < 1.29 is 124 Å². The number of nitrogens with one attached hydrogen (secondary N) is 2. The average molecular weight is 937 g/mol. The van der Waals surface area contributed by atoms with Gasteiger partial charge in [0.1, 0.15) is 116 Å². The molecule has 2 amide bonds. The van der Waals surface area contributed by atoms with E-state index in [0.29, 0.717) is 0 Å². The van der Waals surface area contributed by atoms with Crippen LogP contribution in [-0.4, -0.2) is 270 Å². The van der Waals surface area contributed by atoms with Crippen molar-refractivity contribution in [2.45, 2.75) is 181 Å². The zero-order valence-corrected chi connectivity index (χ0v) is 35.3. The number of aliphatic hydroxyl groups excluding tert-OH is 14. The Balaban J connectivity index is 1.42. The van der Waals surface area contributed by atoms with E-state index < -0.39 is 198 Å². The van der Waals surface area contributed by atoms with Crippen molar-refractivity contribution in [3.05, 3.63) is 0 Å². The van der Waals surface area contributed by atoms with Gasteiger partial charge in [0.2, 0.25) is 11.8 Å². The summed E-state index contributed by atoms with van der Waals surface area (Å²) in [6, 6.07) is -2.70. The Kier molecular flexibility index (Phi) is 18.9. The van der Waals surface area contributed by atoms with Gasteiger partial charge in [0, 0.05) is 13.8 Å². The normalized spacial score (nSPS) is 47.9. The third kappa shape index (κ3) is 11.5. The smallest absolute Gasteiger partial charge is 0.217 e. The summed E-state index contributed by atoms with van der Waals surface area (Å²) in [4.78, 5) is 24.7. The lowest BCUT2D eigenvalue weighted by atomic mass is 9.87. The summed E-state index contributed by atoms with van der Waals surface area (Å²) in [6.45, 7) is 1.61. The molecule has 16 N–H and O–H groups in total. The Morgan fingerprint density at radius 3 is 1.38 bits per heavy atom. The molecule has 0 aromatic rings. The molecule has 372 valence electrons. The molecule has 0 spiro atoms. The minimum absolute atomic E-state index is 0.280. The molecule has 0 aromatic heterocycles. The van der Waals surface area contributed by atoms with Gasteiger partial charge in [-0.2, -0.15) is 0 Å². The predicted octanol–water partition coefficient (Wildman–Crippen LogP) is -9.93. The van der Waals surface area contributed by atoms with Gasteiger partial charge in [-0.15, -0.1) is 0 Å². The number of carbonyl (C=O) groups is 2. The molecule has 5 aliphatic rings. The number of hydrogen-bond donors (Lipinski definition) is 16. The molecule has 5 rings (SSSR count). The Labute approximate surface area is 365 Å². The second-order valence-corrected chi connectivity index (χ2v) is 16.8. The summed E-state index contributed by atoms with van der Waals surface area (Å²) in [6.07, 6.45) is -40.2. The van der Waals surface area contributed by atoms with Gasteiger partial charge in [0.15, 0.2) is 25.2 Å². The minimum Gasteiger partial charge on any atom is -0.394 e. The highest BCUT2D eigenvalue weighted by molar-refractivity contribution is 5.73. The van der Waals surface area contributed by atoms with E-state index >= 15 is 0 Å². The maximum atomic E-state index is 12.5. The van der Waals surface area contributed by atoms with E-state index in [9.17, 15) is 81.1 Å². The molecule has 5 saturated heterocycles. The summed E-state index contributed by atoms with van der Waals surface area (Å²) < 4.78 is 52.0. The summed E-state index contributed by atoms with van der Waals surface area (Å²) in [5, 5.41) is 154. The lowest BCUT2D eigenvalue weighted by Crippen LogP contribution is -2.70. The van der Waals surface area contributed by atoms with Gasteiger partial charge < -0.3 is 125 Å². The topological polar surface area (TPSA) is 424 Å². The van der Waals surface area contributed by atoms with E-state index in [-0.39, 0.29) is 5.92 Å². The second-order valence-electron chi connectivity index (χ2n) is 16.8. The molecule has 27 heteroatoms. The van der Waals surface area contributed by atoms with Gasteiger partial charge in [0.25, 0.3) is 0 Å². The van der Waals surface area contributed by atoms with Gasteiger partial charge in [0.05, 0.1) is 45.2 Å². The predicted molar refractivity (Wildman–Crippen MR) is 202 cm³/mol. The lowest BCUT2D eigenvalue weighted by Gasteiger charge is -2.51. The molecule has 10 unspecified atom stereocenters. The molecular formula is C37H64N2O25. The van der Waals surface area contributed by atoms with Gasteiger partial charge >= 0.3 is 0 Å². The van der Waals surface area contributed by atoms with Crippen LogP contribution in [0.25, 0.3) is 0 Å². The van der Waals surface area contributed by atoms with Crippen LogP contribution in [0.2, 0.25) is 0 Å². The molecule has 0 bridgehead atoms. The van der Waals surface area contributed by atoms with E-state index in [1.54, 1.807) is 13.8 Å². The maximum absolute atomic E-state index is 12.5. The highest BCUT2D eigenvalue weighted by atomic mass is 16.8. The fourth-order valence-corrected chi connectivity index (χ4v) is 8.36. The van der Waals surface area contributed by atoms with Crippen molar-refractivity contribution in [3.8, 4) is 0 Å². The first-order valence-electron chi connectivity index (χ1n) is 20.8. The molecule has 0 radical (unpaired) electrons. The highest BCUT2D eigenvalue weighted by Crippen LogP contribution is 2.36. The zero-order chi connectivity index (χ0) is 47.5. The van der Waals surface area contributed by atoms with E-state index in [1.165, 1.54) is 6.92 Å². The first kappa shape index (κ1) is 53.0. The SMILES string of the molecule is CC(=O)NC1[C@H](O[C@@H]2C(CO)O[C@@H](C(C)C)C(NC(C)=O)[C@H]2O)OC(CO)[C@@H](O[C@@H]2OC(CO[C@H]3OC(CO)[C@@H](O)[C@H](O)C3O)[C@@H](O)[C@H](O[C@H]3O[C@@H](CO)[C@@H](O)C(O)C3O)C2O)[C@@H]1O. The monoisotopic (exact) mass is 936 g/mol. The van der Waals surface area contributed by atoms with Crippen LogP contribution in [0.1, 0.15) is 27.7 Å². The third-order valence-electron chi connectivity index (χ3n) is 11.8. The number of ether oxygens (including phenoxy) is 9. The van der Waals surface area contributed by atoms with Crippen molar-refractivity contribution >= 4 is 11.8 Å². The van der Waals surface area contributed by atoms with Crippen LogP contribution in [0.5, 0.6) is 0 Å². The number of aliphatic hydroxyl groups is 14. The zero-order valence-electron chi connectivity index (χ0n) is 35.3. The van der Waals surface area contributed by atoms with Crippen molar-refractivity contribution in [1.82, 2.24) is 10.6 Å². The van der Waals surface area contributed by atoms with Crippen LogP contribution in [0.3, 0.4) is 0 Å².